The predicted molar refractivity (Wildman–Crippen MR) is 42.6 cm³/mol. The van der Waals surface area contributed by atoms with Gasteiger partial charge in [0.15, 0.2) is 0 Å². The van der Waals surface area contributed by atoms with E-state index in [1.54, 1.807) is 5.32 Å². The predicted octanol–water partition coefficient (Wildman–Crippen LogP) is 2.29. The monoisotopic (exact) mass is 234 g/mol. The van der Waals surface area contributed by atoms with Gasteiger partial charge in [-0.2, -0.15) is 26.3 Å². The molecule has 0 heterocycles. The van der Waals surface area contributed by atoms with Crippen LogP contribution in [0.5, 0.6) is 0 Å². The van der Waals surface area contributed by atoms with Gasteiger partial charge in [0, 0.05) is 14.1 Å². The molecule has 0 spiro atoms. The minimum Gasteiger partial charge on any atom is -0.384 e. The third-order valence-corrected chi connectivity index (χ3v) is 1.39. The highest BCUT2D eigenvalue weighted by molar-refractivity contribution is 5.99. The summed E-state index contributed by atoms with van der Waals surface area (Å²) < 4.78 is 72.3. The van der Waals surface area contributed by atoms with Crippen LogP contribution in [0.2, 0.25) is 0 Å². The van der Waals surface area contributed by atoms with E-state index >= 15 is 0 Å². The first-order valence-corrected chi connectivity index (χ1v) is 3.63. The first-order valence-electron chi connectivity index (χ1n) is 3.63. The Morgan fingerprint density at radius 1 is 1.07 bits per heavy atom. The van der Waals surface area contributed by atoms with Gasteiger partial charge in [0.2, 0.25) is 0 Å². The third-order valence-electron chi connectivity index (χ3n) is 1.39. The maximum Gasteiger partial charge on any atom is 0.432 e. The minimum absolute atomic E-state index is 0.0833. The lowest BCUT2D eigenvalue weighted by molar-refractivity contribution is -0.0962. The van der Waals surface area contributed by atoms with Crippen LogP contribution in [0, 0.1) is 0 Å². The van der Waals surface area contributed by atoms with Gasteiger partial charge in [-0.25, -0.2) is 0 Å². The number of halogens is 6. The molecule has 0 saturated heterocycles. The number of hydrogen-bond acceptors (Lipinski definition) is 2. The van der Waals surface area contributed by atoms with Crippen molar-refractivity contribution < 1.29 is 26.3 Å². The van der Waals surface area contributed by atoms with E-state index in [1.807, 2.05) is 0 Å². The molecule has 0 rings (SSSR count). The summed E-state index contributed by atoms with van der Waals surface area (Å²) in [4.78, 5) is 2.74. The summed E-state index contributed by atoms with van der Waals surface area (Å²) in [6, 6.07) is 0. The number of nitrogens with one attached hydrogen (secondary N) is 1. The molecule has 0 amide bonds. The number of nitrogens with zero attached hydrogens (tertiary/aromatic N) is 1. The molecule has 0 unspecified atom stereocenters. The van der Waals surface area contributed by atoms with Crippen LogP contribution in [0.3, 0.4) is 0 Å². The van der Waals surface area contributed by atoms with Crippen LogP contribution in [-0.4, -0.2) is 32.2 Å². The summed E-state index contributed by atoms with van der Waals surface area (Å²) in [7, 11) is 1.64. The average molecular weight is 234 g/mol. The molecule has 0 aromatic rings. The molecule has 88 valence electrons. The normalized spacial score (nSPS) is 15.5. The summed E-state index contributed by atoms with van der Waals surface area (Å²) >= 11 is 0. The highest BCUT2D eigenvalue weighted by Crippen LogP contribution is 2.26. The van der Waals surface area contributed by atoms with E-state index in [-0.39, 0.29) is 6.08 Å². The average Bonchev–Trinajstić information content (AvgIpc) is 2.01. The van der Waals surface area contributed by atoms with Crippen molar-refractivity contribution in [2.75, 3.05) is 14.1 Å². The standard InChI is InChI=1S/C7H8F6N2/c1-14-4(6(8,9)10)3-5(15-2)7(11,12)13/h3,14H,1-2H3/b4-3-,15-5-. The summed E-state index contributed by atoms with van der Waals surface area (Å²) in [5, 5.41) is 1.63. The van der Waals surface area contributed by atoms with E-state index in [0.29, 0.717) is 0 Å². The van der Waals surface area contributed by atoms with Crippen LogP contribution in [-0.2, 0) is 0 Å². The van der Waals surface area contributed by atoms with Gasteiger partial charge in [0.25, 0.3) is 0 Å². The fourth-order valence-electron chi connectivity index (χ4n) is 0.706. The highest BCUT2D eigenvalue weighted by Gasteiger charge is 2.38. The second kappa shape index (κ2) is 4.54. The van der Waals surface area contributed by atoms with E-state index in [2.05, 4.69) is 4.99 Å². The Labute approximate surface area is 81.7 Å². The molecule has 8 heteroatoms. The summed E-state index contributed by atoms with van der Waals surface area (Å²) in [6.45, 7) is 0. The van der Waals surface area contributed by atoms with Gasteiger partial charge in [-0.3, -0.25) is 4.99 Å². The van der Waals surface area contributed by atoms with Crippen LogP contribution >= 0.6 is 0 Å². The van der Waals surface area contributed by atoms with E-state index in [9.17, 15) is 26.3 Å². The van der Waals surface area contributed by atoms with E-state index in [4.69, 9.17) is 0 Å². The highest BCUT2D eigenvalue weighted by atomic mass is 19.4. The summed E-state index contributed by atoms with van der Waals surface area (Å²) in [6.07, 6.45) is -9.85. The first kappa shape index (κ1) is 13.8. The molecule has 15 heavy (non-hydrogen) atoms. The first-order chi connectivity index (χ1) is 6.62. The lowest BCUT2D eigenvalue weighted by Crippen LogP contribution is -2.28. The van der Waals surface area contributed by atoms with Crippen LogP contribution < -0.4 is 5.32 Å². The van der Waals surface area contributed by atoms with Gasteiger partial charge in [0.1, 0.15) is 11.4 Å². The van der Waals surface area contributed by atoms with Gasteiger partial charge in [-0.05, 0) is 6.08 Å². The van der Waals surface area contributed by atoms with Crippen molar-refractivity contribution in [3.8, 4) is 0 Å². The molecule has 0 aromatic carbocycles. The van der Waals surface area contributed by atoms with Crippen molar-refractivity contribution in [1.82, 2.24) is 5.32 Å². The van der Waals surface area contributed by atoms with Crippen LogP contribution in [0.15, 0.2) is 16.8 Å². The second-order valence-electron chi connectivity index (χ2n) is 2.41. The van der Waals surface area contributed by atoms with Gasteiger partial charge >= 0.3 is 12.4 Å². The Hall–Kier alpha value is -1.21. The summed E-state index contributed by atoms with van der Waals surface area (Å²) in [5.41, 5.74) is -3.09. The smallest absolute Gasteiger partial charge is 0.384 e. The fraction of sp³-hybridized carbons (Fsp3) is 0.571. The van der Waals surface area contributed by atoms with Gasteiger partial charge in [-0.1, -0.05) is 0 Å². The molecule has 0 bridgehead atoms. The van der Waals surface area contributed by atoms with Gasteiger partial charge < -0.3 is 5.32 Å². The number of aliphatic imine (C=N–C) groups is 1. The second-order valence-corrected chi connectivity index (χ2v) is 2.41. The van der Waals surface area contributed by atoms with E-state index in [0.717, 1.165) is 14.1 Å². The Bertz CT molecular complexity index is 272. The molecule has 0 aromatic heterocycles. The molecule has 0 aliphatic rings. The van der Waals surface area contributed by atoms with Crippen LogP contribution in [0.1, 0.15) is 0 Å². The largest absolute Gasteiger partial charge is 0.432 e. The third kappa shape index (κ3) is 4.22. The lowest BCUT2D eigenvalue weighted by Gasteiger charge is -2.12. The molecule has 0 aliphatic heterocycles. The van der Waals surface area contributed by atoms with E-state index in [1.165, 1.54) is 0 Å². The molecule has 0 aliphatic carbocycles. The quantitative estimate of drug-likeness (QED) is 0.575. The zero-order chi connectivity index (χ0) is 12.3. The van der Waals surface area contributed by atoms with Crippen molar-refractivity contribution in [3.63, 3.8) is 0 Å². The summed E-state index contributed by atoms with van der Waals surface area (Å²) in [5.74, 6) is 0. The van der Waals surface area contributed by atoms with Crippen molar-refractivity contribution in [2.24, 2.45) is 4.99 Å². The Balaban J connectivity index is 5.17. The van der Waals surface area contributed by atoms with Gasteiger partial charge in [0.05, 0.1) is 0 Å². The molecule has 2 nitrogen and oxygen atoms in total. The van der Waals surface area contributed by atoms with Crippen molar-refractivity contribution in [3.05, 3.63) is 11.8 Å². The topological polar surface area (TPSA) is 24.4 Å². The zero-order valence-electron chi connectivity index (χ0n) is 7.79. The van der Waals surface area contributed by atoms with Crippen molar-refractivity contribution in [1.29, 1.82) is 0 Å². The molecule has 0 radical (unpaired) electrons. The molecular formula is C7H8F6N2. The number of rotatable bonds is 2. The lowest BCUT2D eigenvalue weighted by atomic mass is 10.2. The number of hydrogen-bond donors (Lipinski definition) is 1. The van der Waals surface area contributed by atoms with Crippen molar-refractivity contribution in [2.45, 2.75) is 12.4 Å². The number of allylic oxidation sites excluding steroid dienone is 2. The maximum absolute atomic E-state index is 12.1. The van der Waals surface area contributed by atoms with Crippen molar-refractivity contribution >= 4 is 5.71 Å². The Morgan fingerprint density at radius 2 is 1.53 bits per heavy atom. The molecular weight excluding hydrogens is 226 g/mol. The molecule has 0 fully saturated rings. The molecule has 0 atom stereocenters. The van der Waals surface area contributed by atoms with E-state index < -0.39 is 23.8 Å². The van der Waals surface area contributed by atoms with Crippen LogP contribution in [0.25, 0.3) is 0 Å². The Morgan fingerprint density at radius 3 is 1.73 bits per heavy atom. The molecule has 0 saturated carbocycles. The SMILES string of the molecule is C/N=C(/C=C(\NC)C(F)(F)F)C(F)(F)F. The molecule has 1 N–H and O–H groups in total. The van der Waals surface area contributed by atoms with Crippen LogP contribution in [0.4, 0.5) is 26.3 Å². The fourth-order valence-corrected chi connectivity index (χ4v) is 0.706. The minimum atomic E-state index is -4.90. The maximum atomic E-state index is 12.1. The number of alkyl halides is 6. The zero-order valence-corrected chi connectivity index (χ0v) is 7.79. The van der Waals surface area contributed by atoms with Gasteiger partial charge in [-0.15, -0.1) is 0 Å². The Kier molecular flexibility index (Phi) is 4.17.